The van der Waals surface area contributed by atoms with E-state index in [1.165, 1.54) is 36.8 Å². The lowest BCUT2D eigenvalue weighted by Crippen LogP contribution is -2.21. The van der Waals surface area contributed by atoms with Crippen LogP contribution in [0.3, 0.4) is 0 Å². The van der Waals surface area contributed by atoms with Crippen LogP contribution in [0.15, 0.2) is 49.1 Å². The first kappa shape index (κ1) is 20.9. The zero-order valence-corrected chi connectivity index (χ0v) is 16.9. The molecule has 1 N–H and O–H groups in total. The van der Waals surface area contributed by atoms with Gasteiger partial charge < -0.3 is 15.0 Å². The lowest BCUT2D eigenvalue weighted by atomic mass is 10.1. The van der Waals surface area contributed by atoms with E-state index in [4.69, 9.17) is 11.6 Å². The number of carbonyl (C=O) groups is 1. The van der Waals surface area contributed by atoms with E-state index in [9.17, 15) is 13.6 Å². The first-order valence-electron chi connectivity index (χ1n) is 9.44. The largest absolute Gasteiger partial charge is 0.487 e. The SMILES string of the molecule is O=C(Nc1ccc(OC(F)(F)Cl)cc1)c1cnc(N2CCCC2)c(-c2cncnn2)c1. The van der Waals surface area contributed by atoms with Crippen LogP contribution in [0.1, 0.15) is 23.2 Å². The second-order valence-corrected chi connectivity index (χ2v) is 7.25. The Morgan fingerprint density at radius 1 is 1.16 bits per heavy atom. The van der Waals surface area contributed by atoms with E-state index in [1.54, 1.807) is 12.3 Å². The number of amides is 1. The molecule has 1 aliphatic heterocycles. The fourth-order valence-corrected chi connectivity index (χ4v) is 3.35. The van der Waals surface area contributed by atoms with Gasteiger partial charge in [-0.2, -0.15) is 0 Å². The molecule has 0 unspecified atom stereocenters. The lowest BCUT2D eigenvalue weighted by molar-refractivity contribution is -0.0964. The number of anilines is 2. The minimum absolute atomic E-state index is 0.132. The minimum atomic E-state index is -3.81. The van der Waals surface area contributed by atoms with Gasteiger partial charge in [0, 0.05) is 42.1 Å². The van der Waals surface area contributed by atoms with Crippen molar-refractivity contribution in [3.63, 3.8) is 0 Å². The van der Waals surface area contributed by atoms with Crippen molar-refractivity contribution in [2.45, 2.75) is 18.4 Å². The van der Waals surface area contributed by atoms with Crippen molar-refractivity contribution >= 4 is 29.0 Å². The molecule has 0 atom stereocenters. The number of aromatic nitrogens is 4. The van der Waals surface area contributed by atoms with Crippen LogP contribution in [0.4, 0.5) is 20.3 Å². The van der Waals surface area contributed by atoms with Gasteiger partial charge in [0.05, 0.1) is 11.8 Å². The van der Waals surface area contributed by atoms with E-state index in [0.29, 0.717) is 22.5 Å². The van der Waals surface area contributed by atoms with Crippen LogP contribution in [0.2, 0.25) is 0 Å². The van der Waals surface area contributed by atoms with Crippen LogP contribution in [0.5, 0.6) is 5.75 Å². The number of ether oxygens (including phenoxy) is 1. The molecule has 1 amide bonds. The van der Waals surface area contributed by atoms with E-state index in [-0.39, 0.29) is 5.75 Å². The Morgan fingerprint density at radius 2 is 1.90 bits per heavy atom. The Kier molecular flexibility index (Phi) is 5.90. The highest BCUT2D eigenvalue weighted by atomic mass is 35.5. The van der Waals surface area contributed by atoms with E-state index in [2.05, 4.69) is 35.1 Å². The number of nitrogens with one attached hydrogen (secondary N) is 1. The number of carbonyl (C=O) groups excluding carboxylic acids is 1. The maximum atomic E-state index is 12.8. The minimum Gasteiger partial charge on any atom is -0.420 e. The maximum absolute atomic E-state index is 12.8. The van der Waals surface area contributed by atoms with Crippen molar-refractivity contribution in [3.05, 3.63) is 54.6 Å². The van der Waals surface area contributed by atoms with Gasteiger partial charge in [-0.15, -0.1) is 19.0 Å². The molecule has 0 saturated carbocycles. The maximum Gasteiger partial charge on any atom is 0.487 e. The van der Waals surface area contributed by atoms with Gasteiger partial charge in [-0.3, -0.25) is 4.79 Å². The number of hydrogen-bond donors (Lipinski definition) is 1. The molecular weight excluding hydrogens is 430 g/mol. The third-order valence-electron chi connectivity index (χ3n) is 4.64. The standard InChI is InChI=1S/C20H17ClF2N6O2/c21-20(22,23)31-15-5-3-14(4-6-15)27-19(30)13-9-16(17-11-24-12-26-28-17)18(25-10-13)29-7-1-2-8-29/h3-6,9-12H,1-2,7-8H2,(H,27,30). The van der Waals surface area contributed by atoms with Crippen LogP contribution in [-0.2, 0) is 0 Å². The Labute approximate surface area is 181 Å². The summed E-state index contributed by atoms with van der Waals surface area (Å²) >= 11 is 4.75. The second-order valence-electron chi connectivity index (χ2n) is 6.81. The molecule has 2 aromatic heterocycles. The smallest absolute Gasteiger partial charge is 0.420 e. The monoisotopic (exact) mass is 446 g/mol. The van der Waals surface area contributed by atoms with Crippen LogP contribution < -0.4 is 15.0 Å². The van der Waals surface area contributed by atoms with Crippen LogP contribution in [0, 0.1) is 0 Å². The van der Waals surface area contributed by atoms with Crippen molar-refractivity contribution in [3.8, 4) is 17.0 Å². The highest BCUT2D eigenvalue weighted by Crippen LogP contribution is 2.31. The molecule has 31 heavy (non-hydrogen) atoms. The van der Waals surface area contributed by atoms with Crippen molar-refractivity contribution in [2.75, 3.05) is 23.3 Å². The molecule has 1 fully saturated rings. The summed E-state index contributed by atoms with van der Waals surface area (Å²) in [5.41, 5.74) is -1.95. The molecule has 0 spiro atoms. The Hall–Kier alpha value is -3.40. The average molecular weight is 447 g/mol. The van der Waals surface area contributed by atoms with Crippen LogP contribution in [-0.4, -0.2) is 44.7 Å². The normalized spacial score (nSPS) is 13.8. The van der Waals surface area contributed by atoms with Gasteiger partial charge in [-0.05, 0) is 43.2 Å². The fraction of sp³-hybridized carbons (Fsp3) is 0.250. The van der Waals surface area contributed by atoms with E-state index < -0.39 is 11.5 Å². The van der Waals surface area contributed by atoms with Gasteiger partial charge in [0.15, 0.2) is 0 Å². The quantitative estimate of drug-likeness (QED) is 0.573. The van der Waals surface area contributed by atoms with Gasteiger partial charge in [0.1, 0.15) is 23.6 Å². The first-order valence-corrected chi connectivity index (χ1v) is 9.82. The zero-order valence-electron chi connectivity index (χ0n) is 16.1. The van der Waals surface area contributed by atoms with Gasteiger partial charge in [0.2, 0.25) is 0 Å². The van der Waals surface area contributed by atoms with Gasteiger partial charge >= 0.3 is 5.57 Å². The third-order valence-corrected chi connectivity index (χ3v) is 4.71. The summed E-state index contributed by atoms with van der Waals surface area (Å²) in [6, 6.07) is 7.09. The second kappa shape index (κ2) is 8.76. The fourth-order valence-electron chi connectivity index (χ4n) is 3.27. The number of nitrogens with zero attached hydrogens (tertiary/aromatic N) is 5. The molecular formula is C20H17ClF2N6O2. The highest BCUT2D eigenvalue weighted by Gasteiger charge is 2.27. The predicted octanol–water partition coefficient (Wildman–Crippen LogP) is 3.95. The molecule has 8 nitrogen and oxygen atoms in total. The van der Waals surface area contributed by atoms with Crippen LogP contribution >= 0.6 is 11.6 Å². The molecule has 3 aromatic rings. The van der Waals surface area contributed by atoms with E-state index in [0.717, 1.165) is 31.7 Å². The first-order chi connectivity index (χ1) is 14.9. The van der Waals surface area contributed by atoms with Crippen LogP contribution in [0.25, 0.3) is 11.3 Å². The summed E-state index contributed by atoms with van der Waals surface area (Å²) in [5, 5.41) is 10.6. The van der Waals surface area contributed by atoms with Crippen molar-refractivity contribution in [2.24, 2.45) is 0 Å². The molecule has 11 heteroatoms. The lowest BCUT2D eigenvalue weighted by Gasteiger charge is -2.20. The van der Waals surface area contributed by atoms with Crippen molar-refractivity contribution in [1.29, 1.82) is 0 Å². The number of alkyl halides is 3. The highest BCUT2D eigenvalue weighted by molar-refractivity contribution is 6.20. The summed E-state index contributed by atoms with van der Waals surface area (Å²) in [6.07, 6.45) is 6.52. The van der Waals surface area contributed by atoms with Gasteiger partial charge in [-0.25, -0.2) is 9.97 Å². The topological polar surface area (TPSA) is 93.1 Å². The molecule has 1 aliphatic rings. The third kappa shape index (κ3) is 5.21. The Bertz CT molecular complexity index is 1060. The summed E-state index contributed by atoms with van der Waals surface area (Å²) < 4.78 is 29.7. The molecule has 0 aliphatic carbocycles. The number of hydrogen-bond acceptors (Lipinski definition) is 7. The van der Waals surface area contributed by atoms with Crippen molar-refractivity contribution < 1.29 is 18.3 Å². The number of rotatable bonds is 6. The molecule has 0 bridgehead atoms. The Balaban J connectivity index is 1.57. The van der Waals surface area contributed by atoms with Crippen molar-refractivity contribution in [1.82, 2.24) is 20.2 Å². The summed E-state index contributed by atoms with van der Waals surface area (Å²) in [7, 11) is 0. The summed E-state index contributed by atoms with van der Waals surface area (Å²) in [5.74, 6) is 0.168. The zero-order chi connectivity index (χ0) is 21.8. The predicted molar refractivity (Wildman–Crippen MR) is 110 cm³/mol. The molecule has 160 valence electrons. The van der Waals surface area contributed by atoms with E-state index >= 15 is 0 Å². The number of benzene rings is 1. The molecule has 1 aromatic carbocycles. The molecule has 4 rings (SSSR count). The Morgan fingerprint density at radius 3 is 2.55 bits per heavy atom. The summed E-state index contributed by atoms with van der Waals surface area (Å²) in [6.45, 7) is 1.74. The summed E-state index contributed by atoms with van der Waals surface area (Å²) in [4.78, 5) is 23.4. The molecule has 0 radical (unpaired) electrons. The molecule has 3 heterocycles. The van der Waals surface area contributed by atoms with E-state index in [1.807, 2.05) is 0 Å². The number of halogens is 3. The average Bonchev–Trinajstić information content (AvgIpc) is 3.29. The van der Waals surface area contributed by atoms with Gasteiger partial charge in [-0.1, -0.05) is 0 Å². The van der Waals surface area contributed by atoms with Gasteiger partial charge in [0.25, 0.3) is 5.91 Å². The molecule has 1 saturated heterocycles. The number of pyridine rings is 1.